The van der Waals surface area contributed by atoms with E-state index in [2.05, 4.69) is 33.0 Å². The van der Waals surface area contributed by atoms with Crippen LogP contribution in [-0.2, 0) is 4.74 Å². The van der Waals surface area contributed by atoms with Gasteiger partial charge in [-0.05, 0) is 31.0 Å². The Balaban J connectivity index is 2.18. The molecule has 1 aliphatic rings. The number of hydrogen-bond donors (Lipinski definition) is 1. The smallest absolute Gasteiger partial charge is 0.0772 e. The Kier molecular flexibility index (Phi) is 4.42. The molecule has 17 heavy (non-hydrogen) atoms. The van der Waals surface area contributed by atoms with Gasteiger partial charge in [-0.15, -0.1) is 0 Å². The molecule has 0 spiro atoms. The number of rotatable bonds is 2. The number of ether oxygens (including phenoxy) is 1. The number of hydrogen-bond acceptors (Lipinski definition) is 3. The zero-order chi connectivity index (χ0) is 12.3. The molecule has 1 aromatic carbocycles. The van der Waals surface area contributed by atoms with Gasteiger partial charge >= 0.3 is 0 Å². The summed E-state index contributed by atoms with van der Waals surface area (Å²) >= 11 is 3.52. The van der Waals surface area contributed by atoms with Gasteiger partial charge in [0.2, 0.25) is 0 Å². The van der Waals surface area contributed by atoms with Gasteiger partial charge in [0.1, 0.15) is 0 Å². The molecular weight excluding hydrogens is 282 g/mol. The van der Waals surface area contributed by atoms with Crippen LogP contribution in [0, 0.1) is 0 Å². The monoisotopic (exact) mass is 299 g/mol. The lowest BCUT2D eigenvalue weighted by atomic mass is 10.1. The van der Waals surface area contributed by atoms with Crippen LogP contribution in [0.4, 0.5) is 5.69 Å². The van der Waals surface area contributed by atoms with Crippen molar-refractivity contribution < 1.29 is 9.84 Å². The lowest BCUT2D eigenvalue weighted by Crippen LogP contribution is -2.25. The van der Waals surface area contributed by atoms with Gasteiger partial charge < -0.3 is 14.7 Å². The summed E-state index contributed by atoms with van der Waals surface area (Å²) < 4.78 is 6.41. The first-order valence-electron chi connectivity index (χ1n) is 5.98. The molecule has 1 unspecified atom stereocenters. The Hall–Kier alpha value is -0.580. The molecule has 1 N–H and O–H groups in total. The van der Waals surface area contributed by atoms with Crippen molar-refractivity contribution in [2.75, 3.05) is 31.2 Å². The highest BCUT2D eigenvalue weighted by atomic mass is 79.9. The molecule has 0 amide bonds. The minimum absolute atomic E-state index is 0.439. The van der Waals surface area contributed by atoms with Crippen LogP contribution < -0.4 is 4.90 Å². The van der Waals surface area contributed by atoms with E-state index in [-0.39, 0.29) is 0 Å². The third kappa shape index (κ3) is 3.21. The van der Waals surface area contributed by atoms with Gasteiger partial charge in [-0.2, -0.15) is 0 Å². The Morgan fingerprint density at radius 3 is 2.88 bits per heavy atom. The lowest BCUT2D eigenvalue weighted by molar-refractivity contribution is 0.152. The van der Waals surface area contributed by atoms with Crippen molar-refractivity contribution in [3.05, 3.63) is 28.2 Å². The first-order chi connectivity index (χ1) is 8.18. The maximum absolute atomic E-state index is 9.59. The fourth-order valence-corrected chi connectivity index (χ4v) is 2.75. The van der Waals surface area contributed by atoms with Crippen molar-refractivity contribution in [3.8, 4) is 0 Å². The quantitative estimate of drug-likeness (QED) is 0.911. The van der Waals surface area contributed by atoms with Crippen molar-refractivity contribution in [2.24, 2.45) is 0 Å². The fourth-order valence-electron chi connectivity index (χ4n) is 2.06. The third-order valence-electron chi connectivity index (χ3n) is 3.02. The summed E-state index contributed by atoms with van der Waals surface area (Å²) in [5.74, 6) is 0. The van der Waals surface area contributed by atoms with Gasteiger partial charge in [-0.25, -0.2) is 0 Å². The Morgan fingerprint density at radius 2 is 2.18 bits per heavy atom. The topological polar surface area (TPSA) is 32.7 Å². The van der Waals surface area contributed by atoms with Crippen molar-refractivity contribution >= 4 is 21.6 Å². The number of aliphatic hydroxyl groups excluding tert-OH is 1. The molecule has 1 heterocycles. The molecule has 0 aliphatic carbocycles. The summed E-state index contributed by atoms with van der Waals surface area (Å²) in [6.07, 6.45) is 0.626. The van der Waals surface area contributed by atoms with Gasteiger partial charge in [0.25, 0.3) is 0 Å². The number of halogens is 1. The van der Waals surface area contributed by atoms with E-state index >= 15 is 0 Å². The second-order valence-corrected chi connectivity index (χ2v) is 5.19. The minimum atomic E-state index is -0.439. The van der Waals surface area contributed by atoms with Crippen molar-refractivity contribution in [1.82, 2.24) is 0 Å². The lowest BCUT2D eigenvalue weighted by Gasteiger charge is -2.23. The van der Waals surface area contributed by atoms with Crippen molar-refractivity contribution in [3.63, 3.8) is 0 Å². The second-order valence-electron chi connectivity index (χ2n) is 4.33. The average Bonchev–Trinajstić information content (AvgIpc) is 2.56. The molecule has 1 aliphatic heterocycles. The molecule has 94 valence electrons. The molecule has 1 aromatic rings. The summed E-state index contributed by atoms with van der Waals surface area (Å²) in [4.78, 5) is 2.32. The van der Waals surface area contributed by atoms with Crippen molar-refractivity contribution in [1.29, 1.82) is 0 Å². The van der Waals surface area contributed by atoms with E-state index in [1.54, 1.807) is 6.92 Å². The molecule has 0 saturated carbocycles. The molecule has 4 heteroatoms. The van der Waals surface area contributed by atoms with E-state index in [1.807, 2.05) is 6.07 Å². The standard InChI is InChI=1S/C13H18BrNO2/c1-10(16)12-4-3-11(9-13(12)14)15-5-2-7-17-8-6-15/h3-4,9-10,16H,2,5-8H2,1H3. The zero-order valence-electron chi connectivity index (χ0n) is 10.0. The van der Waals surface area contributed by atoms with Gasteiger partial charge in [-0.1, -0.05) is 22.0 Å². The van der Waals surface area contributed by atoms with Gasteiger partial charge in [0.15, 0.2) is 0 Å². The van der Waals surface area contributed by atoms with E-state index in [0.29, 0.717) is 0 Å². The summed E-state index contributed by atoms with van der Waals surface area (Å²) in [7, 11) is 0. The van der Waals surface area contributed by atoms with E-state index in [1.165, 1.54) is 5.69 Å². The number of anilines is 1. The molecule has 1 saturated heterocycles. The normalized spacial score (nSPS) is 18.9. The molecule has 0 radical (unpaired) electrons. The summed E-state index contributed by atoms with van der Waals surface area (Å²) in [5, 5.41) is 9.59. The molecule has 1 atom stereocenters. The summed E-state index contributed by atoms with van der Waals surface area (Å²) in [5.41, 5.74) is 2.12. The van der Waals surface area contributed by atoms with Crippen LogP contribution in [0.2, 0.25) is 0 Å². The van der Waals surface area contributed by atoms with Gasteiger partial charge in [0, 0.05) is 29.9 Å². The van der Waals surface area contributed by atoms with Crippen LogP contribution in [0.3, 0.4) is 0 Å². The first kappa shape index (κ1) is 12.9. The molecule has 0 bridgehead atoms. The van der Waals surface area contributed by atoms with Gasteiger partial charge in [0.05, 0.1) is 12.7 Å². The van der Waals surface area contributed by atoms with E-state index in [9.17, 15) is 5.11 Å². The Labute approximate surface area is 111 Å². The number of nitrogens with zero attached hydrogens (tertiary/aromatic N) is 1. The highest BCUT2D eigenvalue weighted by Crippen LogP contribution is 2.28. The minimum Gasteiger partial charge on any atom is -0.389 e. The molecular formula is C13H18BrNO2. The molecule has 3 nitrogen and oxygen atoms in total. The average molecular weight is 300 g/mol. The molecule has 2 rings (SSSR count). The van der Waals surface area contributed by atoms with Crippen LogP contribution in [0.1, 0.15) is 25.0 Å². The largest absolute Gasteiger partial charge is 0.389 e. The highest BCUT2D eigenvalue weighted by Gasteiger charge is 2.12. The van der Waals surface area contributed by atoms with Crippen molar-refractivity contribution in [2.45, 2.75) is 19.4 Å². The van der Waals surface area contributed by atoms with Gasteiger partial charge in [-0.3, -0.25) is 0 Å². The maximum Gasteiger partial charge on any atom is 0.0772 e. The first-order valence-corrected chi connectivity index (χ1v) is 6.78. The predicted octanol–water partition coefficient (Wildman–Crippen LogP) is 2.73. The third-order valence-corrected chi connectivity index (χ3v) is 3.71. The van der Waals surface area contributed by atoms with E-state index < -0.39 is 6.10 Å². The predicted molar refractivity (Wildman–Crippen MR) is 72.4 cm³/mol. The van der Waals surface area contributed by atoms with Crippen LogP contribution in [-0.4, -0.2) is 31.4 Å². The zero-order valence-corrected chi connectivity index (χ0v) is 11.6. The number of benzene rings is 1. The highest BCUT2D eigenvalue weighted by molar-refractivity contribution is 9.10. The number of aliphatic hydroxyl groups is 1. The van der Waals surface area contributed by atoms with E-state index in [0.717, 1.165) is 42.8 Å². The van der Waals surface area contributed by atoms with Crippen LogP contribution in [0.15, 0.2) is 22.7 Å². The Morgan fingerprint density at radius 1 is 1.35 bits per heavy atom. The van der Waals surface area contributed by atoms with Crippen LogP contribution >= 0.6 is 15.9 Å². The molecule has 1 fully saturated rings. The summed E-state index contributed by atoms with van der Waals surface area (Å²) in [6.45, 7) is 5.37. The van der Waals surface area contributed by atoms with Crippen LogP contribution in [0.5, 0.6) is 0 Å². The SMILES string of the molecule is CC(O)c1ccc(N2CCCOCC2)cc1Br. The van der Waals surface area contributed by atoms with Crippen LogP contribution in [0.25, 0.3) is 0 Å². The summed E-state index contributed by atoms with van der Waals surface area (Å²) in [6, 6.07) is 6.13. The second kappa shape index (κ2) is 5.85. The fraction of sp³-hybridized carbons (Fsp3) is 0.538. The molecule has 0 aromatic heterocycles. The maximum atomic E-state index is 9.59. The Bertz CT molecular complexity index is 374. The van der Waals surface area contributed by atoms with E-state index in [4.69, 9.17) is 4.74 Å².